The van der Waals surface area contributed by atoms with Gasteiger partial charge in [-0.15, -0.1) is 0 Å². The van der Waals surface area contributed by atoms with E-state index in [-0.39, 0.29) is 6.10 Å². The molecule has 0 aliphatic carbocycles. The molecule has 118 valence electrons. The summed E-state index contributed by atoms with van der Waals surface area (Å²) in [5.74, 6) is 1.77. The Morgan fingerprint density at radius 2 is 1.95 bits per heavy atom. The number of hydrogen-bond acceptors (Lipinski definition) is 7. The van der Waals surface area contributed by atoms with E-state index in [0.717, 1.165) is 26.2 Å². The Hall–Kier alpha value is -1.63. The summed E-state index contributed by atoms with van der Waals surface area (Å²) in [7, 11) is 2.15. The van der Waals surface area contributed by atoms with Crippen LogP contribution in [0.1, 0.15) is 27.2 Å². The Morgan fingerprint density at radius 3 is 2.52 bits per heavy atom. The number of rotatable bonds is 7. The van der Waals surface area contributed by atoms with E-state index in [4.69, 9.17) is 4.74 Å². The number of anilines is 2. The Morgan fingerprint density at radius 1 is 1.24 bits per heavy atom. The zero-order valence-electron chi connectivity index (χ0n) is 13.4. The lowest BCUT2D eigenvalue weighted by Crippen LogP contribution is -2.20. The van der Waals surface area contributed by atoms with E-state index in [0.29, 0.717) is 23.8 Å². The quantitative estimate of drug-likeness (QED) is 0.788. The minimum Gasteiger partial charge on any atom is -0.461 e. The Balaban J connectivity index is 2.00. The molecule has 1 aliphatic rings. The minimum atomic E-state index is 0.0400. The van der Waals surface area contributed by atoms with Gasteiger partial charge in [-0.2, -0.15) is 15.0 Å². The van der Waals surface area contributed by atoms with E-state index >= 15 is 0 Å². The molecule has 2 rings (SSSR count). The maximum absolute atomic E-state index is 5.58. The molecule has 1 aromatic rings. The van der Waals surface area contributed by atoms with Gasteiger partial charge in [0.2, 0.25) is 11.9 Å². The van der Waals surface area contributed by atoms with Gasteiger partial charge in [0.25, 0.3) is 0 Å². The third-order valence-corrected chi connectivity index (χ3v) is 3.33. The van der Waals surface area contributed by atoms with Crippen molar-refractivity contribution in [2.24, 2.45) is 5.92 Å². The Kier molecular flexibility index (Phi) is 5.55. The summed E-state index contributed by atoms with van der Waals surface area (Å²) in [4.78, 5) is 15.3. The summed E-state index contributed by atoms with van der Waals surface area (Å²) in [5, 5.41) is 6.42. The van der Waals surface area contributed by atoms with Crippen LogP contribution in [0.3, 0.4) is 0 Å². The summed E-state index contributed by atoms with van der Waals surface area (Å²) in [6, 6.07) is 0.363. The second-order valence-corrected chi connectivity index (χ2v) is 5.76. The van der Waals surface area contributed by atoms with Crippen molar-refractivity contribution < 1.29 is 4.74 Å². The van der Waals surface area contributed by atoms with Crippen LogP contribution in [0.15, 0.2) is 0 Å². The molecule has 21 heavy (non-hydrogen) atoms. The lowest BCUT2D eigenvalue weighted by atomic mass is 10.1. The molecule has 1 unspecified atom stereocenters. The number of nitrogens with one attached hydrogen (secondary N) is 2. The van der Waals surface area contributed by atoms with Crippen LogP contribution in [0.25, 0.3) is 0 Å². The predicted molar refractivity (Wildman–Crippen MR) is 83.8 cm³/mol. The maximum Gasteiger partial charge on any atom is 0.323 e. The van der Waals surface area contributed by atoms with Crippen molar-refractivity contribution in [3.63, 3.8) is 0 Å². The normalized spacial score (nSPS) is 19.0. The zero-order valence-corrected chi connectivity index (χ0v) is 13.4. The first-order chi connectivity index (χ1) is 10.1. The van der Waals surface area contributed by atoms with Crippen LogP contribution >= 0.6 is 0 Å². The molecule has 0 amide bonds. The highest BCUT2D eigenvalue weighted by Crippen LogP contribution is 2.16. The van der Waals surface area contributed by atoms with Crippen LogP contribution in [-0.4, -0.2) is 59.2 Å². The smallest absolute Gasteiger partial charge is 0.323 e. The van der Waals surface area contributed by atoms with Crippen LogP contribution in [0.4, 0.5) is 11.9 Å². The maximum atomic E-state index is 5.58. The molecule has 0 saturated carbocycles. The third-order valence-electron chi connectivity index (χ3n) is 3.33. The molecule has 1 saturated heterocycles. The lowest BCUT2D eigenvalue weighted by molar-refractivity contribution is 0.222. The van der Waals surface area contributed by atoms with E-state index in [9.17, 15) is 0 Å². The highest BCUT2D eigenvalue weighted by molar-refractivity contribution is 5.35. The Labute approximate surface area is 126 Å². The number of nitrogens with zero attached hydrogens (tertiary/aromatic N) is 4. The van der Waals surface area contributed by atoms with E-state index in [1.54, 1.807) is 0 Å². The monoisotopic (exact) mass is 294 g/mol. The van der Waals surface area contributed by atoms with Gasteiger partial charge in [0.15, 0.2) is 0 Å². The van der Waals surface area contributed by atoms with Crippen molar-refractivity contribution in [2.75, 3.05) is 43.9 Å². The summed E-state index contributed by atoms with van der Waals surface area (Å²) >= 11 is 0. The molecular weight excluding hydrogens is 268 g/mol. The molecule has 1 aromatic heterocycles. The summed E-state index contributed by atoms with van der Waals surface area (Å²) in [5.41, 5.74) is 0. The second-order valence-electron chi connectivity index (χ2n) is 5.76. The van der Waals surface area contributed by atoms with Gasteiger partial charge in [0.05, 0.1) is 6.10 Å². The van der Waals surface area contributed by atoms with Crippen LogP contribution in [0.5, 0.6) is 6.01 Å². The van der Waals surface area contributed by atoms with Crippen LogP contribution in [0, 0.1) is 5.92 Å². The summed E-state index contributed by atoms with van der Waals surface area (Å²) < 4.78 is 5.58. The fraction of sp³-hybridized carbons (Fsp3) is 0.786. The van der Waals surface area contributed by atoms with Crippen molar-refractivity contribution in [2.45, 2.75) is 33.3 Å². The largest absolute Gasteiger partial charge is 0.461 e. The average Bonchev–Trinajstić information content (AvgIpc) is 2.82. The molecular formula is C14H26N6O. The SMILES string of the molecule is CCNc1nc(NCC2CCN(C)C2)nc(OC(C)C)n1. The molecule has 0 aromatic carbocycles. The first-order valence-electron chi connectivity index (χ1n) is 7.65. The molecule has 2 heterocycles. The molecule has 0 bridgehead atoms. The molecule has 1 atom stereocenters. The zero-order chi connectivity index (χ0) is 15.2. The molecule has 1 aliphatic heterocycles. The summed E-state index contributed by atoms with van der Waals surface area (Å²) in [6.45, 7) is 9.84. The number of hydrogen-bond donors (Lipinski definition) is 2. The predicted octanol–water partition coefficient (Wildman–Crippen LogP) is 1.45. The average molecular weight is 294 g/mol. The van der Waals surface area contributed by atoms with Gasteiger partial charge in [-0.05, 0) is 46.7 Å². The van der Waals surface area contributed by atoms with Gasteiger partial charge in [0, 0.05) is 19.6 Å². The second kappa shape index (κ2) is 7.40. The van der Waals surface area contributed by atoms with Crippen LogP contribution in [0.2, 0.25) is 0 Å². The van der Waals surface area contributed by atoms with Crippen molar-refractivity contribution in [3.05, 3.63) is 0 Å². The molecule has 1 fully saturated rings. The number of aromatic nitrogens is 3. The van der Waals surface area contributed by atoms with Gasteiger partial charge in [-0.25, -0.2) is 0 Å². The van der Waals surface area contributed by atoms with Gasteiger partial charge < -0.3 is 20.3 Å². The van der Waals surface area contributed by atoms with Crippen molar-refractivity contribution in [3.8, 4) is 6.01 Å². The fourth-order valence-electron chi connectivity index (χ4n) is 2.36. The number of ether oxygens (including phenoxy) is 1. The number of likely N-dealkylation sites (tertiary alicyclic amines) is 1. The fourth-order valence-corrected chi connectivity index (χ4v) is 2.36. The van der Waals surface area contributed by atoms with Crippen molar-refractivity contribution in [1.82, 2.24) is 19.9 Å². The topological polar surface area (TPSA) is 75.2 Å². The molecule has 2 N–H and O–H groups in total. The van der Waals surface area contributed by atoms with Gasteiger partial charge in [-0.1, -0.05) is 0 Å². The van der Waals surface area contributed by atoms with Gasteiger partial charge >= 0.3 is 6.01 Å². The van der Waals surface area contributed by atoms with Crippen molar-refractivity contribution >= 4 is 11.9 Å². The van der Waals surface area contributed by atoms with Crippen LogP contribution in [-0.2, 0) is 0 Å². The highest BCUT2D eigenvalue weighted by atomic mass is 16.5. The molecule has 7 heteroatoms. The lowest BCUT2D eigenvalue weighted by Gasteiger charge is -2.14. The molecule has 7 nitrogen and oxygen atoms in total. The first-order valence-corrected chi connectivity index (χ1v) is 7.65. The van der Waals surface area contributed by atoms with Gasteiger partial charge in [-0.3, -0.25) is 0 Å². The molecule has 0 spiro atoms. The van der Waals surface area contributed by atoms with Crippen LogP contribution < -0.4 is 15.4 Å². The summed E-state index contributed by atoms with van der Waals surface area (Å²) in [6.07, 6.45) is 1.25. The Bertz CT molecular complexity index is 453. The van der Waals surface area contributed by atoms with Crippen molar-refractivity contribution in [1.29, 1.82) is 0 Å². The third kappa shape index (κ3) is 5.00. The first kappa shape index (κ1) is 15.8. The molecule has 0 radical (unpaired) electrons. The minimum absolute atomic E-state index is 0.0400. The highest BCUT2D eigenvalue weighted by Gasteiger charge is 2.19. The van der Waals surface area contributed by atoms with E-state index in [1.807, 2.05) is 20.8 Å². The standard InChI is InChI=1S/C14H26N6O/c1-5-15-12-17-13(19-14(18-12)21-10(2)3)16-8-11-6-7-20(4)9-11/h10-11H,5-9H2,1-4H3,(H2,15,16,17,18,19). The van der Waals surface area contributed by atoms with E-state index in [1.165, 1.54) is 6.42 Å². The van der Waals surface area contributed by atoms with E-state index < -0.39 is 0 Å². The van der Waals surface area contributed by atoms with Gasteiger partial charge in [0.1, 0.15) is 0 Å². The van der Waals surface area contributed by atoms with E-state index in [2.05, 4.69) is 37.5 Å².